The maximum absolute atomic E-state index is 11.6. The van der Waals surface area contributed by atoms with E-state index >= 15 is 0 Å². The summed E-state index contributed by atoms with van der Waals surface area (Å²) in [6, 6.07) is 0.294. The zero-order valence-electron chi connectivity index (χ0n) is 13.0. The van der Waals surface area contributed by atoms with E-state index in [4.69, 9.17) is 0 Å². The number of aromatic nitrogens is 2. The van der Waals surface area contributed by atoms with Crippen LogP contribution >= 0.6 is 0 Å². The fourth-order valence-corrected chi connectivity index (χ4v) is 3.36. The first-order chi connectivity index (χ1) is 10.6. The molecule has 1 aromatic heterocycles. The van der Waals surface area contributed by atoms with Crippen molar-refractivity contribution < 1.29 is 4.92 Å². The highest BCUT2D eigenvalue weighted by Crippen LogP contribution is 2.35. The zero-order valence-corrected chi connectivity index (χ0v) is 13.0. The molecule has 1 saturated heterocycles. The highest BCUT2D eigenvalue weighted by molar-refractivity contribution is 5.70. The fraction of sp³-hybridized carbons (Fsp3) is 0.733. The van der Waals surface area contributed by atoms with Crippen molar-refractivity contribution in [1.82, 2.24) is 9.97 Å². The van der Waals surface area contributed by atoms with Crippen LogP contribution < -0.4 is 10.2 Å². The van der Waals surface area contributed by atoms with Gasteiger partial charge in [-0.2, -0.15) is 0 Å². The smallest absolute Gasteiger partial charge is 0.353 e. The molecule has 1 aliphatic carbocycles. The van der Waals surface area contributed by atoms with Crippen molar-refractivity contribution in [3.63, 3.8) is 0 Å². The second-order valence-corrected chi connectivity index (χ2v) is 6.45. The van der Waals surface area contributed by atoms with Crippen molar-refractivity contribution in [2.75, 3.05) is 23.3 Å². The Morgan fingerprint density at radius 2 is 1.91 bits per heavy atom. The lowest BCUT2D eigenvalue weighted by atomic mass is 9.99. The molecule has 3 rings (SSSR count). The summed E-state index contributed by atoms with van der Waals surface area (Å²) in [7, 11) is 0. The summed E-state index contributed by atoms with van der Waals surface area (Å²) in [6.45, 7) is 3.86. The predicted octanol–water partition coefficient (Wildman–Crippen LogP) is 2.98. The van der Waals surface area contributed by atoms with Crippen LogP contribution in [0.25, 0.3) is 0 Å². The van der Waals surface area contributed by atoms with E-state index in [9.17, 15) is 10.1 Å². The minimum absolute atomic E-state index is 0.0314. The number of hydrogen-bond donors (Lipinski definition) is 1. The minimum Gasteiger partial charge on any atom is -0.361 e. The van der Waals surface area contributed by atoms with Crippen LogP contribution in [0.15, 0.2) is 6.33 Å². The van der Waals surface area contributed by atoms with Crippen LogP contribution in [0.4, 0.5) is 17.3 Å². The lowest BCUT2D eigenvalue weighted by Crippen LogP contribution is -2.34. The van der Waals surface area contributed by atoms with E-state index in [1.165, 1.54) is 19.2 Å². The molecule has 1 aromatic rings. The molecule has 1 N–H and O–H groups in total. The highest BCUT2D eigenvalue weighted by atomic mass is 16.6. The van der Waals surface area contributed by atoms with E-state index in [0.717, 1.165) is 38.8 Å². The molecule has 120 valence electrons. The number of nitrogens with zero attached hydrogens (tertiary/aromatic N) is 4. The van der Waals surface area contributed by atoms with Crippen molar-refractivity contribution in [1.29, 1.82) is 0 Å². The summed E-state index contributed by atoms with van der Waals surface area (Å²) in [5.74, 6) is 1.51. The van der Waals surface area contributed by atoms with Gasteiger partial charge in [0, 0.05) is 19.1 Å². The molecule has 7 heteroatoms. The van der Waals surface area contributed by atoms with Gasteiger partial charge in [-0.05, 0) is 31.6 Å². The van der Waals surface area contributed by atoms with Gasteiger partial charge in [0.2, 0.25) is 11.6 Å². The average molecular weight is 305 g/mol. The van der Waals surface area contributed by atoms with Gasteiger partial charge in [0.15, 0.2) is 0 Å². The molecule has 22 heavy (non-hydrogen) atoms. The summed E-state index contributed by atoms with van der Waals surface area (Å²) in [6.07, 6.45) is 7.99. The van der Waals surface area contributed by atoms with Gasteiger partial charge in [-0.15, -0.1) is 0 Å². The third-order valence-corrected chi connectivity index (χ3v) is 4.76. The Morgan fingerprint density at radius 3 is 2.55 bits per heavy atom. The van der Waals surface area contributed by atoms with E-state index < -0.39 is 0 Å². The zero-order chi connectivity index (χ0) is 15.5. The molecule has 0 unspecified atom stereocenters. The number of anilines is 2. The van der Waals surface area contributed by atoms with Gasteiger partial charge in [0.05, 0.1) is 4.92 Å². The third kappa shape index (κ3) is 3.13. The van der Waals surface area contributed by atoms with Crippen molar-refractivity contribution in [2.24, 2.45) is 5.92 Å². The van der Waals surface area contributed by atoms with Crippen LogP contribution in [0, 0.1) is 16.0 Å². The standard InChI is InChI=1S/C15H23N5O2/c1-11-6-8-19(9-7-11)15-13(20(21)22)14(16-10-17-15)18-12-4-2-3-5-12/h10-12H,2-9H2,1H3,(H,16,17,18). The van der Waals surface area contributed by atoms with Gasteiger partial charge in [0.1, 0.15) is 6.33 Å². The maximum Gasteiger partial charge on any atom is 0.353 e. The largest absolute Gasteiger partial charge is 0.361 e. The molecule has 0 atom stereocenters. The molecule has 2 fully saturated rings. The number of nitro groups is 1. The van der Waals surface area contributed by atoms with Gasteiger partial charge >= 0.3 is 5.69 Å². The summed E-state index contributed by atoms with van der Waals surface area (Å²) in [5, 5.41) is 14.8. The Morgan fingerprint density at radius 1 is 1.23 bits per heavy atom. The van der Waals surface area contributed by atoms with Gasteiger partial charge in [-0.25, -0.2) is 9.97 Å². The maximum atomic E-state index is 11.6. The summed E-state index contributed by atoms with van der Waals surface area (Å²) < 4.78 is 0. The van der Waals surface area contributed by atoms with E-state index in [1.807, 2.05) is 4.90 Å². The van der Waals surface area contributed by atoms with Crippen molar-refractivity contribution in [3.8, 4) is 0 Å². The molecular weight excluding hydrogens is 282 g/mol. The summed E-state index contributed by atoms with van der Waals surface area (Å²) in [4.78, 5) is 21.6. The van der Waals surface area contributed by atoms with Crippen LogP contribution in [0.3, 0.4) is 0 Å². The molecule has 0 radical (unpaired) electrons. The Bertz CT molecular complexity index is 537. The Hall–Kier alpha value is -1.92. The fourth-order valence-electron chi connectivity index (χ4n) is 3.36. The van der Waals surface area contributed by atoms with Crippen LogP contribution in [-0.2, 0) is 0 Å². The van der Waals surface area contributed by atoms with Crippen LogP contribution in [0.5, 0.6) is 0 Å². The summed E-state index contributed by atoms with van der Waals surface area (Å²) >= 11 is 0. The molecule has 1 saturated carbocycles. The quantitative estimate of drug-likeness (QED) is 0.680. The number of hydrogen-bond acceptors (Lipinski definition) is 6. The Labute approximate surface area is 130 Å². The normalized spacial score (nSPS) is 20.3. The summed E-state index contributed by atoms with van der Waals surface area (Å²) in [5.41, 5.74) is 0.0314. The Balaban J connectivity index is 1.87. The molecule has 0 amide bonds. The van der Waals surface area contributed by atoms with Gasteiger partial charge in [0.25, 0.3) is 0 Å². The lowest BCUT2D eigenvalue weighted by Gasteiger charge is -2.30. The molecule has 7 nitrogen and oxygen atoms in total. The second-order valence-electron chi connectivity index (χ2n) is 6.45. The molecule has 0 bridgehead atoms. The van der Waals surface area contributed by atoms with E-state index in [2.05, 4.69) is 22.2 Å². The van der Waals surface area contributed by atoms with Crippen molar-refractivity contribution in [2.45, 2.75) is 51.5 Å². The van der Waals surface area contributed by atoms with Gasteiger partial charge in [-0.1, -0.05) is 19.8 Å². The first kappa shape index (κ1) is 15.0. The Kier molecular flexibility index (Phi) is 4.40. The van der Waals surface area contributed by atoms with Gasteiger partial charge in [-0.3, -0.25) is 10.1 Å². The van der Waals surface area contributed by atoms with E-state index in [1.54, 1.807) is 0 Å². The SMILES string of the molecule is CC1CCN(c2ncnc(NC3CCCC3)c2[N+](=O)[O-])CC1. The molecular formula is C15H23N5O2. The van der Waals surface area contributed by atoms with E-state index in [-0.39, 0.29) is 10.6 Å². The number of rotatable bonds is 4. The molecule has 0 spiro atoms. The number of nitrogens with one attached hydrogen (secondary N) is 1. The molecule has 2 aliphatic rings. The molecule has 1 aliphatic heterocycles. The van der Waals surface area contributed by atoms with E-state index in [0.29, 0.717) is 23.6 Å². The van der Waals surface area contributed by atoms with Crippen LogP contribution in [0.1, 0.15) is 45.4 Å². The molecule has 0 aromatic carbocycles. The number of piperidine rings is 1. The van der Waals surface area contributed by atoms with Crippen molar-refractivity contribution >= 4 is 17.3 Å². The topological polar surface area (TPSA) is 84.2 Å². The minimum atomic E-state index is -0.343. The van der Waals surface area contributed by atoms with Crippen LogP contribution in [0.2, 0.25) is 0 Å². The monoisotopic (exact) mass is 305 g/mol. The lowest BCUT2D eigenvalue weighted by molar-refractivity contribution is -0.383. The van der Waals surface area contributed by atoms with Gasteiger partial charge < -0.3 is 10.2 Å². The first-order valence-electron chi connectivity index (χ1n) is 8.16. The molecule has 2 heterocycles. The second kappa shape index (κ2) is 6.46. The highest BCUT2D eigenvalue weighted by Gasteiger charge is 2.30. The van der Waals surface area contributed by atoms with Crippen molar-refractivity contribution in [3.05, 3.63) is 16.4 Å². The third-order valence-electron chi connectivity index (χ3n) is 4.76. The van der Waals surface area contributed by atoms with Crippen LogP contribution in [-0.4, -0.2) is 34.0 Å². The first-order valence-corrected chi connectivity index (χ1v) is 8.16. The average Bonchev–Trinajstić information content (AvgIpc) is 3.00. The predicted molar refractivity (Wildman–Crippen MR) is 85.2 cm³/mol.